The van der Waals surface area contributed by atoms with E-state index in [-0.39, 0.29) is 30.0 Å². The fraction of sp³-hybridized carbons (Fsp3) is 0.340. The van der Waals surface area contributed by atoms with E-state index < -0.39 is 18.2 Å². The third-order valence-electron chi connectivity index (χ3n) is 11.7. The number of nitrogens with zero attached hydrogens (tertiary/aromatic N) is 4. The summed E-state index contributed by atoms with van der Waals surface area (Å²) in [6, 6.07) is 26.6. The minimum absolute atomic E-state index is 0.0293. The van der Waals surface area contributed by atoms with E-state index in [0.29, 0.717) is 17.9 Å². The molecule has 6 aromatic rings. The molecular formula is C47H50N8O5. The van der Waals surface area contributed by atoms with Crippen LogP contribution in [-0.4, -0.2) is 87.7 Å². The molecule has 13 nitrogen and oxygen atoms in total. The molecule has 0 bridgehead atoms. The zero-order valence-corrected chi connectivity index (χ0v) is 34.3. The number of rotatable bonds is 10. The Morgan fingerprint density at radius 3 is 2.30 bits per heavy atom. The first-order chi connectivity index (χ1) is 29.2. The smallest absolute Gasteiger partial charge is 0.407 e. The van der Waals surface area contributed by atoms with E-state index >= 15 is 0 Å². The average Bonchev–Trinajstić information content (AvgIpc) is 4.11. The average molecular weight is 807 g/mol. The van der Waals surface area contributed by atoms with Crippen LogP contribution in [0.5, 0.6) is 0 Å². The van der Waals surface area contributed by atoms with Gasteiger partial charge in [0.1, 0.15) is 17.7 Å². The molecule has 8 rings (SSSR count). The number of likely N-dealkylation sites (tertiary alicyclic amines) is 2. The Morgan fingerprint density at radius 1 is 0.817 bits per heavy atom. The highest BCUT2D eigenvalue weighted by molar-refractivity contribution is 6.04. The summed E-state index contributed by atoms with van der Waals surface area (Å²) in [5, 5.41) is 7.86. The molecule has 4 unspecified atom stereocenters. The van der Waals surface area contributed by atoms with Crippen molar-refractivity contribution in [2.75, 3.05) is 33.9 Å². The van der Waals surface area contributed by atoms with Crippen molar-refractivity contribution in [2.24, 2.45) is 5.92 Å². The van der Waals surface area contributed by atoms with Gasteiger partial charge in [0, 0.05) is 35.6 Å². The van der Waals surface area contributed by atoms with Crippen molar-refractivity contribution in [2.45, 2.75) is 63.7 Å². The van der Waals surface area contributed by atoms with Crippen LogP contribution in [0.25, 0.3) is 33.1 Å². The standard InChI is InChI=1S/C47H50N8O5/c1-29(2)38(51-46(57)59-3)28-54-24-8-12-39(54)44-49-36-23-21-34-26-31(18-22-35(34)42(36)52-44)15-14-30-16-19-32(20-17-30)37-27-48-43(50-37)40-13-9-25-55(40)45(56)41(53-47(58)60-4)33-10-6-5-7-11-33/h5-7,10-11,16-23,26-27,29,38-41H,8-9,12-13,24-25,28H2,1-4H3,(H,48,50)(H,49,52)(H,51,57)(H,53,58). The number of amides is 3. The number of methoxy groups -OCH3 is 2. The number of imidazole rings is 2. The van der Waals surface area contributed by atoms with E-state index in [2.05, 4.69) is 75.5 Å². The second-order valence-corrected chi connectivity index (χ2v) is 15.8. The van der Waals surface area contributed by atoms with Crippen molar-refractivity contribution < 1.29 is 23.9 Å². The van der Waals surface area contributed by atoms with Crippen LogP contribution in [0.1, 0.15) is 86.0 Å². The number of ether oxygens (including phenoxy) is 2. The molecule has 3 amide bonds. The Morgan fingerprint density at radius 2 is 1.53 bits per heavy atom. The van der Waals surface area contributed by atoms with Crippen molar-refractivity contribution in [1.29, 1.82) is 0 Å². The van der Waals surface area contributed by atoms with Gasteiger partial charge < -0.3 is 35.0 Å². The predicted octanol–water partition coefficient (Wildman–Crippen LogP) is 7.78. The van der Waals surface area contributed by atoms with E-state index in [1.807, 2.05) is 60.7 Å². The van der Waals surface area contributed by atoms with Gasteiger partial charge in [-0.15, -0.1) is 0 Å². The van der Waals surface area contributed by atoms with Crippen LogP contribution >= 0.6 is 0 Å². The molecule has 4 atom stereocenters. The summed E-state index contributed by atoms with van der Waals surface area (Å²) in [5.74, 6) is 8.36. The molecule has 2 aliphatic rings. The van der Waals surface area contributed by atoms with E-state index in [1.54, 1.807) is 11.1 Å². The normalized spacial score (nSPS) is 17.6. The zero-order valence-electron chi connectivity index (χ0n) is 34.3. The van der Waals surface area contributed by atoms with Crippen LogP contribution in [0, 0.1) is 17.8 Å². The maximum Gasteiger partial charge on any atom is 0.407 e. The summed E-state index contributed by atoms with van der Waals surface area (Å²) in [7, 11) is 2.68. The second-order valence-electron chi connectivity index (χ2n) is 15.8. The van der Waals surface area contributed by atoms with Crippen LogP contribution in [-0.2, 0) is 14.3 Å². The summed E-state index contributed by atoms with van der Waals surface area (Å²) < 4.78 is 9.71. The van der Waals surface area contributed by atoms with Gasteiger partial charge in [-0.2, -0.15) is 0 Å². The first-order valence-electron chi connectivity index (χ1n) is 20.6. The van der Waals surface area contributed by atoms with Crippen LogP contribution in [0.2, 0.25) is 0 Å². The lowest BCUT2D eigenvalue weighted by atomic mass is 10.0. The van der Waals surface area contributed by atoms with E-state index in [0.717, 1.165) is 88.8 Å². The lowest BCUT2D eigenvalue weighted by Crippen LogP contribution is -2.46. The van der Waals surface area contributed by atoms with Gasteiger partial charge in [0.25, 0.3) is 5.91 Å². The first kappa shape index (κ1) is 40.1. The second kappa shape index (κ2) is 17.7. The van der Waals surface area contributed by atoms with Crippen molar-refractivity contribution >= 4 is 39.9 Å². The van der Waals surface area contributed by atoms with Gasteiger partial charge in [-0.3, -0.25) is 9.69 Å². The molecule has 60 heavy (non-hydrogen) atoms. The van der Waals surface area contributed by atoms with Gasteiger partial charge >= 0.3 is 12.2 Å². The Kier molecular flexibility index (Phi) is 11.8. The van der Waals surface area contributed by atoms with Crippen molar-refractivity contribution in [3.8, 4) is 23.1 Å². The highest BCUT2D eigenvalue weighted by atomic mass is 16.5. The zero-order chi connectivity index (χ0) is 41.8. The van der Waals surface area contributed by atoms with Crippen molar-refractivity contribution in [3.63, 3.8) is 0 Å². The quantitative estimate of drug-likeness (QED) is 0.102. The lowest BCUT2D eigenvalue weighted by Gasteiger charge is -2.30. The number of hydrogen-bond donors (Lipinski definition) is 4. The number of carbonyl (C=O) groups is 3. The molecule has 0 radical (unpaired) electrons. The summed E-state index contributed by atoms with van der Waals surface area (Å²) in [6.07, 6.45) is 4.37. The van der Waals surface area contributed by atoms with Crippen LogP contribution in [0.4, 0.5) is 9.59 Å². The molecular weight excluding hydrogens is 757 g/mol. The third-order valence-corrected chi connectivity index (χ3v) is 11.7. The third kappa shape index (κ3) is 8.56. The van der Waals surface area contributed by atoms with Crippen LogP contribution in [0.3, 0.4) is 0 Å². The molecule has 0 aliphatic carbocycles. The maximum absolute atomic E-state index is 13.9. The summed E-state index contributed by atoms with van der Waals surface area (Å²) in [5.41, 5.74) is 6.21. The summed E-state index contributed by atoms with van der Waals surface area (Å²) >= 11 is 0. The number of H-pyrrole nitrogens is 2. The summed E-state index contributed by atoms with van der Waals surface area (Å²) in [4.78, 5) is 59.2. The molecule has 4 aromatic carbocycles. The van der Waals surface area contributed by atoms with Crippen LogP contribution in [0.15, 0.2) is 91.1 Å². The predicted molar refractivity (Wildman–Crippen MR) is 230 cm³/mol. The fourth-order valence-electron chi connectivity index (χ4n) is 8.42. The number of aromatic amines is 2. The molecule has 2 aliphatic heterocycles. The van der Waals surface area contributed by atoms with E-state index in [9.17, 15) is 14.4 Å². The Hall–Kier alpha value is -6.65. The maximum atomic E-state index is 13.9. The number of hydrogen-bond acceptors (Lipinski definition) is 8. The number of benzene rings is 4. The van der Waals surface area contributed by atoms with E-state index in [4.69, 9.17) is 19.4 Å². The molecule has 308 valence electrons. The molecule has 4 N–H and O–H groups in total. The number of fused-ring (bicyclic) bond motifs is 3. The van der Waals surface area contributed by atoms with Gasteiger partial charge in [0.05, 0.1) is 49.2 Å². The van der Waals surface area contributed by atoms with Crippen molar-refractivity contribution in [1.82, 2.24) is 40.4 Å². The SMILES string of the molecule is COC(=O)NC(C(=O)N1CCCC1c1ncc(-c2ccc(C#Cc3ccc4c(ccc5[nH]c(C6CCCN6CC(NC(=O)OC)C(C)C)nc54)c3)cc2)[nH]1)c1ccccc1. The largest absolute Gasteiger partial charge is 0.453 e. The Balaban J connectivity index is 0.942. The molecule has 2 aromatic heterocycles. The van der Waals surface area contributed by atoms with Crippen molar-refractivity contribution in [3.05, 3.63) is 119 Å². The molecule has 13 heteroatoms. The van der Waals surface area contributed by atoms with Gasteiger partial charge in [-0.25, -0.2) is 19.6 Å². The number of aromatic nitrogens is 4. The Bertz CT molecular complexity index is 2560. The van der Waals surface area contributed by atoms with Gasteiger partial charge in [0.2, 0.25) is 0 Å². The minimum atomic E-state index is -0.875. The Labute approximate surface area is 349 Å². The van der Waals surface area contributed by atoms with E-state index in [1.165, 1.54) is 14.2 Å². The number of carbonyl (C=O) groups excluding carboxylic acids is 3. The highest BCUT2D eigenvalue weighted by Gasteiger charge is 2.37. The van der Waals surface area contributed by atoms with Crippen LogP contribution < -0.4 is 10.6 Å². The highest BCUT2D eigenvalue weighted by Crippen LogP contribution is 2.35. The van der Waals surface area contributed by atoms with Gasteiger partial charge in [-0.1, -0.05) is 80.3 Å². The first-order valence-corrected chi connectivity index (χ1v) is 20.6. The molecule has 0 saturated carbocycles. The van der Waals surface area contributed by atoms with Gasteiger partial charge in [-0.05, 0) is 85.0 Å². The molecule has 2 saturated heterocycles. The molecule has 4 heterocycles. The molecule has 2 fully saturated rings. The fourth-order valence-corrected chi connectivity index (χ4v) is 8.42. The monoisotopic (exact) mass is 806 g/mol. The summed E-state index contributed by atoms with van der Waals surface area (Å²) in [6.45, 7) is 6.45. The molecule has 0 spiro atoms. The topological polar surface area (TPSA) is 158 Å². The lowest BCUT2D eigenvalue weighted by molar-refractivity contribution is -0.134. The number of alkyl carbamates (subject to hydrolysis) is 2. The minimum Gasteiger partial charge on any atom is -0.453 e. The van der Waals surface area contributed by atoms with Gasteiger partial charge in [0.15, 0.2) is 0 Å². The number of nitrogens with one attached hydrogen (secondary N) is 4.